The lowest BCUT2D eigenvalue weighted by molar-refractivity contribution is 0.0969. The topological polar surface area (TPSA) is 33.1 Å². The summed E-state index contributed by atoms with van der Waals surface area (Å²) < 4.78 is 2.45. The van der Waals surface area contributed by atoms with Gasteiger partial charge in [-0.15, -0.1) is 0 Å². The van der Waals surface area contributed by atoms with Crippen LogP contribution in [-0.4, -0.2) is 40.1 Å². The largest absolute Gasteiger partial charge is 0.351 e. The lowest BCUT2D eigenvalue weighted by Gasteiger charge is -2.45. The minimum absolute atomic E-state index is 0.608. The zero-order valence-electron chi connectivity index (χ0n) is 13.2. The van der Waals surface area contributed by atoms with Crippen LogP contribution in [-0.2, 0) is 0 Å². The van der Waals surface area contributed by atoms with Gasteiger partial charge in [0.15, 0.2) is 0 Å². The highest BCUT2D eigenvalue weighted by molar-refractivity contribution is 5.32. The number of hydrogen-bond donors (Lipinski definition) is 1. The molecule has 1 N–H and O–H groups in total. The molecule has 4 aliphatic rings. The highest BCUT2D eigenvalue weighted by atomic mass is 15.3. The molecule has 0 radical (unpaired) electrons. The van der Waals surface area contributed by atoms with Crippen LogP contribution >= 0.6 is 0 Å². The summed E-state index contributed by atoms with van der Waals surface area (Å²) in [5.41, 5.74) is 1.16. The van der Waals surface area contributed by atoms with Gasteiger partial charge in [-0.05, 0) is 51.6 Å². The summed E-state index contributed by atoms with van der Waals surface area (Å²) in [7, 11) is 0. The first-order valence-corrected chi connectivity index (χ1v) is 8.84. The van der Waals surface area contributed by atoms with Crippen LogP contribution in [0.4, 0.5) is 5.95 Å². The molecule has 4 nitrogen and oxygen atoms in total. The molecule has 4 heteroatoms. The van der Waals surface area contributed by atoms with Gasteiger partial charge in [-0.2, -0.15) is 0 Å². The van der Waals surface area contributed by atoms with E-state index in [1.807, 2.05) is 0 Å². The second kappa shape index (κ2) is 5.64. The zero-order chi connectivity index (χ0) is 14.2. The molecule has 0 spiro atoms. The fourth-order valence-corrected chi connectivity index (χ4v) is 4.55. The minimum atomic E-state index is 0.608. The van der Waals surface area contributed by atoms with E-state index in [1.165, 1.54) is 64.6 Å². The first kappa shape index (κ1) is 13.6. The Morgan fingerprint density at radius 1 is 1.10 bits per heavy atom. The Balaban J connectivity index is 1.52. The first-order valence-electron chi connectivity index (χ1n) is 8.84. The van der Waals surface area contributed by atoms with Gasteiger partial charge in [-0.25, -0.2) is 4.98 Å². The van der Waals surface area contributed by atoms with Crippen molar-refractivity contribution in [3.8, 4) is 0 Å². The van der Waals surface area contributed by atoms with Crippen LogP contribution in [0.3, 0.4) is 0 Å². The fourth-order valence-electron chi connectivity index (χ4n) is 4.55. The van der Waals surface area contributed by atoms with Gasteiger partial charge in [-0.1, -0.05) is 19.3 Å². The number of hydrogen-bond acceptors (Lipinski definition) is 3. The molecule has 0 amide bonds. The predicted molar refractivity (Wildman–Crippen MR) is 85.7 cm³/mol. The molecule has 3 saturated heterocycles. The van der Waals surface area contributed by atoms with Crippen molar-refractivity contribution in [2.75, 3.05) is 25.0 Å². The Morgan fingerprint density at radius 3 is 2.52 bits per heavy atom. The van der Waals surface area contributed by atoms with Gasteiger partial charge in [-0.3, -0.25) is 0 Å². The van der Waals surface area contributed by atoms with Crippen LogP contribution in [0.5, 0.6) is 0 Å². The van der Waals surface area contributed by atoms with Gasteiger partial charge in [0.1, 0.15) is 0 Å². The lowest BCUT2D eigenvalue weighted by Crippen LogP contribution is -2.53. The van der Waals surface area contributed by atoms with Crippen LogP contribution in [0.2, 0.25) is 0 Å². The molecule has 1 aromatic rings. The molecule has 1 aliphatic carbocycles. The Kier molecular flexibility index (Phi) is 3.66. The third kappa shape index (κ3) is 2.70. The standard InChI is InChI=1S/C17H28N4/c1-13-11-21(15-5-3-2-4-6-15)17(18-13)19-16-12-20-9-7-14(16)8-10-20/h11,14-16H,2-10,12H2,1H3,(H,18,19). The van der Waals surface area contributed by atoms with Crippen LogP contribution in [0.15, 0.2) is 6.20 Å². The third-order valence-corrected chi connectivity index (χ3v) is 5.79. The third-order valence-electron chi connectivity index (χ3n) is 5.79. The normalized spacial score (nSPS) is 33.3. The maximum absolute atomic E-state index is 4.80. The molecule has 1 saturated carbocycles. The highest BCUT2D eigenvalue weighted by Crippen LogP contribution is 2.33. The van der Waals surface area contributed by atoms with Gasteiger partial charge in [0.05, 0.1) is 5.69 Å². The summed E-state index contributed by atoms with van der Waals surface area (Å²) in [4.78, 5) is 7.41. The van der Waals surface area contributed by atoms with Crippen molar-refractivity contribution in [3.05, 3.63) is 11.9 Å². The molecule has 21 heavy (non-hydrogen) atoms. The number of nitrogens with zero attached hydrogens (tertiary/aromatic N) is 3. The van der Waals surface area contributed by atoms with Crippen molar-refractivity contribution < 1.29 is 0 Å². The zero-order valence-corrected chi connectivity index (χ0v) is 13.2. The molecular formula is C17H28N4. The molecule has 2 bridgehead atoms. The molecular weight excluding hydrogens is 260 g/mol. The Hall–Kier alpha value is -1.03. The fraction of sp³-hybridized carbons (Fsp3) is 0.824. The van der Waals surface area contributed by atoms with E-state index >= 15 is 0 Å². The number of imidazole rings is 1. The van der Waals surface area contributed by atoms with Crippen LogP contribution < -0.4 is 5.32 Å². The smallest absolute Gasteiger partial charge is 0.203 e. The van der Waals surface area contributed by atoms with Gasteiger partial charge in [0, 0.05) is 24.8 Å². The SMILES string of the molecule is Cc1cn(C2CCCCC2)c(NC2CN3CCC2CC3)n1. The van der Waals surface area contributed by atoms with Crippen molar-refractivity contribution in [3.63, 3.8) is 0 Å². The number of aromatic nitrogens is 2. The van der Waals surface area contributed by atoms with E-state index in [0.29, 0.717) is 12.1 Å². The maximum Gasteiger partial charge on any atom is 0.203 e. The van der Waals surface area contributed by atoms with E-state index in [4.69, 9.17) is 4.98 Å². The highest BCUT2D eigenvalue weighted by Gasteiger charge is 2.35. The van der Waals surface area contributed by atoms with Gasteiger partial charge in [0.2, 0.25) is 5.95 Å². The van der Waals surface area contributed by atoms with E-state index in [1.54, 1.807) is 0 Å². The average molecular weight is 288 g/mol. The number of aryl methyl sites for hydroxylation is 1. The average Bonchev–Trinajstić information content (AvgIpc) is 2.90. The van der Waals surface area contributed by atoms with Gasteiger partial charge < -0.3 is 14.8 Å². The molecule has 1 aromatic heterocycles. The summed E-state index contributed by atoms with van der Waals surface area (Å²) in [6, 6.07) is 1.28. The lowest BCUT2D eigenvalue weighted by atomic mass is 9.84. The summed E-state index contributed by atoms with van der Waals surface area (Å²) in [6.07, 6.45) is 11.8. The van der Waals surface area contributed by atoms with Gasteiger partial charge >= 0.3 is 0 Å². The number of nitrogens with one attached hydrogen (secondary N) is 1. The second-order valence-corrected chi connectivity index (χ2v) is 7.29. The maximum atomic E-state index is 4.80. The van der Waals surface area contributed by atoms with Crippen molar-refractivity contribution in [2.45, 2.75) is 64.0 Å². The van der Waals surface area contributed by atoms with Crippen LogP contribution in [0.1, 0.15) is 56.7 Å². The number of rotatable bonds is 3. The van der Waals surface area contributed by atoms with Crippen molar-refractivity contribution in [1.82, 2.24) is 14.5 Å². The molecule has 0 aromatic carbocycles. The van der Waals surface area contributed by atoms with Crippen molar-refractivity contribution in [1.29, 1.82) is 0 Å². The Bertz CT molecular complexity index is 481. The van der Waals surface area contributed by atoms with Crippen LogP contribution in [0.25, 0.3) is 0 Å². The Labute approximate surface area is 127 Å². The van der Waals surface area contributed by atoms with E-state index in [2.05, 4.69) is 27.9 Å². The molecule has 4 fully saturated rings. The molecule has 1 unspecified atom stereocenters. The monoisotopic (exact) mass is 288 g/mol. The summed E-state index contributed by atoms with van der Waals surface area (Å²) >= 11 is 0. The summed E-state index contributed by atoms with van der Waals surface area (Å²) in [5.74, 6) is 1.99. The number of anilines is 1. The van der Waals surface area contributed by atoms with Crippen LogP contribution in [0, 0.1) is 12.8 Å². The van der Waals surface area contributed by atoms with E-state index in [-0.39, 0.29) is 0 Å². The number of piperidine rings is 3. The summed E-state index contributed by atoms with van der Waals surface area (Å²) in [5, 5.41) is 3.81. The van der Waals surface area contributed by atoms with E-state index < -0.39 is 0 Å². The molecule has 1 atom stereocenters. The minimum Gasteiger partial charge on any atom is -0.351 e. The predicted octanol–water partition coefficient (Wildman–Crippen LogP) is 3.20. The molecule has 4 heterocycles. The quantitative estimate of drug-likeness (QED) is 0.927. The first-order chi connectivity index (χ1) is 10.3. The molecule has 3 aliphatic heterocycles. The van der Waals surface area contributed by atoms with Crippen molar-refractivity contribution in [2.24, 2.45) is 5.92 Å². The molecule has 5 rings (SSSR count). The van der Waals surface area contributed by atoms with Crippen molar-refractivity contribution >= 4 is 5.95 Å². The summed E-state index contributed by atoms with van der Waals surface area (Å²) in [6.45, 7) is 5.94. The second-order valence-electron chi connectivity index (χ2n) is 7.29. The van der Waals surface area contributed by atoms with Gasteiger partial charge in [0.25, 0.3) is 0 Å². The Morgan fingerprint density at radius 2 is 1.86 bits per heavy atom. The number of fused-ring (bicyclic) bond motifs is 3. The van der Waals surface area contributed by atoms with E-state index in [0.717, 1.165) is 17.6 Å². The van der Waals surface area contributed by atoms with E-state index in [9.17, 15) is 0 Å². The molecule has 116 valence electrons.